The highest BCUT2D eigenvalue weighted by Gasteiger charge is 2.11. The molecule has 2 rings (SSSR count). The lowest BCUT2D eigenvalue weighted by molar-refractivity contribution is 0.0993. The van der Waals surface area contributed by atoms with Crippen molar-refractivity contribution in [1.82, 2.24) is 9.78 Å². The molecule has 5 heteroatoms. The number of hydrogen-bond donors (Lipinski definition) is 0. The lowest BCUT2D eigenvalue weighted by Gasteiger charge is -2.05. The number of hydrogen-bond acceptors (Lipinski definition) is 3. The van der Waals surface area contributed by atoms with Gasteiger partial charge in [-0.1, -0.05) is 0 Å². The molecule has 0 amide bonds. The van der Waals surface area contributed by atoms with Gasteiger partial charge < -0.3 is 4.74 Å². The number of nitrogens with zero attached hydrogens (tertiary/aromatic N) is 2. The van der Waals surface area contributed by atoms with E-state index in [2.05, 4.69) is 21.0 Å². The number of Topliss-reactive ketones (excluding diaryl/α,β-unsaturated/α-hetero) is 1. The van der Waals surface area contributed by atoms with Gasteiger partial charge in [-0.3, -0.25) is 9.48 Å². The third kappa shape index (κ3) is 3.23. The molecule has 0 bridgehead atoms. The van der Waals surface area contributed by atoms with Crippen LogP contribution in [-0.4, -0.2) is 22.7 Å². The largest absolute Gasteiger partial charge is 0.496 e. The summed E-state index contributed by atoms with van der Waals surface area (Å²) in [6, 6.07) is 5.34. The molecule has 0 atom stereocenters. The van der Waals surface area contributed by atoms with E-state index in [4.69, 9.17) is 4.74 Å². The Morgan fingerprint density at radius 2 is 2.26 bits per heavy atom. The summed E-state index contributed by atoms with van der Waals surface area (Å²) in [7, 11) is 1.60. The quantitative estimate of drug-likeness (QED) is 0.794. The lowest BCUT2D eigenvalue weighted by atomic mass is 10.1. The topological polar surface area (TPSA) is 44.1 Å². The summed E-state index contributed by atoms with van der Waals surface area (Å²) in [6.07, 6.45) is 4.00. The SMILES string of the molecule is CCn1cc(CC(=O)c2ccc(OC)c(Br)c2)cn1. The molecule has 4 nitrogen and oxygen atoms in total. The van der Waals surface area contributed by atoms with E-state index in [1.165, 1.54) is 0 Å². The third-order valence-electron chi connectivity index (χ3n) is 2.85. The number of aromatic nitrogens is 2. The van der Waals surface area contributed by atoms with E-state index in [1.807, 2.05) is 17.8 Å². The fourth-order valence-electron chi connectivity index (χ4n) is 1.80. The van der Waals surface area contributed by atoms with Crippen molar-refractivity contribution in [3.63, 3.8) is 0 Å². The van der Waals surface area contributed by atoms with Gasteiger partial charge in [0.25, 0.3) is 0 Å². The van der Waals surface area contributed by atoms with Gasteiger partial charge in [-0.25, -0.2) is 0 Å². The van der Waals surface area contributed by atoms with Gasteiger partial charge in [0.1, 0.15) is 5.75 Å². The number of carbonyl (C=O) groups excluding carboxylic acids is 1. The van der Waals surface area contributed by atoms with Crippen molar-refractivity contribution in [3.8, 4) is 5.75 Å². The predicted octanol–water partition coefficient (Wildman–Crippen LogP) is 3.10. The lowest BCUT2D eigenvalue weighted by Crippen LogP contribution is -2.03. The number of carbonyl (C=O) groups is 1. The molecule has 1 aromatic heterocycles. The molecule has 0 radical (unpaired) electrons. The Morgan fingerprint density at radius 1 is 1.47 bits per heavy atom. The van der Waals surface area contributed by atoms with Crippen molar-refractivity contribution >= 4 is 21.7 Å². The fraction of sp³-hybridized carbons (Fsp3) is 0.286. The Kier molecular flexibility index (Phi) is 4.37. The van der Waals surface area contributed by atoms with Gasteiger partial charge >= 0.3 is 0 Å². The molecule has 0 saturated heterocycles. The fourth-order valence-corrected chi connectivity index (χ4v) is 2.34. The molecule has 0 N–H and O–H groups in total. The van der Waals surface area contributed by atoms with Gasteiger partial charge in [-0.15, -0.1) is 0 Å². The van der Waals surface area contributed by atoms with Gasteiger partial charge in [0.2, 0.25) is 0 Å². The number of aryl methyl sites for hydroxylation is 1. The summed E-state index contributed by atoms with van der Waals surface area (Å²) in [6.45, 7) is 2.82. The van der Waals surface area contributed by atoms with Crippen LogP contribution in [0.4, 0.5) is 0 Å². The average Bonchev–Trinajstić information content (AvgIpc) is 2.86. The average molecular weight is 323 g/mol. The number of halogens is 1. The monoisotopic (exact) mass is 322 g/mol. The van der Waals surface area contributed by atoms with Gasteiger partial charge in [-0.05, 0) is 46.6 Å². The molecule has 1 heterocycles. The summed E-state index contributed by atoms with van der Waals surface area (Å²) >= 11 is 3.38. The minimum Gasteiger partial charge on any atom is -0.496 e. The van der Waals surface area contributed by atoms with Crippen molar-refractivity contribution in [3.05, 3.63) is 46.2 Å². The molecular weight excluding hydrogens is 308 g/mol. The van der Waals surface area contributed by atoms with Crippen LogP contribution in [0, 0.1) is 0 Å². The molecule has 0 aliphatic carbocycles. The number of ether oxygens (including phenoxy) is 1. The Morgan fingerprint density at radius 3 is 2.84 bits per heavy atom. The minimum atomic E-state index is 0.0685. The second-order valence-electron chi connectivity index (χ2n) is 4.15. The Labute approximate surface area is 120 Å². The van der Waals surface area contributed by atoms with E-state index in [0.29, 0.717) is 12.0 Å². The predicted molar refractivity (Wildman–Crippen MR) is 76.6 cm³/mol. The summed E-state index contributed by atoms with van der Waals surface area (Å²) < 4.78 is 7.74. The highest BCUT2D eigenvalue weighted by molar-refractivity contribution is 9.10. The van der Waals surface area contributed by atoms with E-state index in [-0.39, 0.29) is 5.78 Å². The number of methoxy groups -OCH3 is 1. The van der Waals surface area contributed by atoms with Crippen LogP contribution < -0.4 is 4.74 Å². The van der Waals surface area contributed by atoms with Crippen LogP contribution in [0.15, 0.2) is 35.1 Å². The van der Waals surface area contributed by atoms with Crippen molar-refractivity contribution in [2.24, 2.45) is 0 Å². The number of rotatable bonds is 5. The first-order chi connectivity index (χ1) is 9.13. The van der Waals surface area contributed by atoms with Gasteiger partial charge in [0.05, 0.1) is 17.8 Å². The van der Waals surface area contributed by atoms with E-state index in [0.717, 1.165) is 22.3 Å². The second kappa shape index (κ2) is 6.02. The molecule has 0 aliphatic rings. The second-order valence-corrected chi connectivity index (χ2v) is 5.01. The first-order valence-corrected chi connectivity index (χ1v) is 6.81. The minimum absolute atomic E-state index is 0.0685. The van der Waals surface area contributed by atoms with Gasteiger partial charge in [0, 0.05) is 24.7 Å². The molecule has 2 aromatic rings. The van der Waals surface area contributed by atoms with Crippen LogP contribution in [0.5, 0.6) is 5.75 Å². The molecule has 100 valence electrons. The first kappa shape index (κ1) is 13.8. The number of ketones is 1. The molecule has 0 saturated carbocycles. The Hall–Kier alpha value is -1.62. The van der Waals surface area contributed by atoms with Crippen LogP contribution in [0.1, 0.15) is 22.8 Å². The zero-order valence-electron chi connectivity index (χ0n) is 10.9. The normalized spacial score (nSPS) is 10.5. The molecule has 0 spiro atoms. The first-order valence-electron chi connectivity index (χ1n) is 6.02. The number of benzene rings is 1. The third-order valence-corrected chi connectivity index (χ3v) is 3.47. The van der Waals surface area contributed by atoms with Crippen LogP contribution in [0.3, 0.4) is 0 Å². The van der Waals surface area contributed by atoms with Crippen LogP contribution >= 0.6 is 15.9 Å². The summed E-state index contributed by atoms with van der Waals surface area (Å²) in [5, 5.41) is 4.16. The zero-order valence-corrected chi connectivity index (χ0v) is 12.5. The van der Waals surface area contributed by atoms with Crippen LogP contribution in [-0.2, 0) is 13.0 Å². The maximum atomic E-state index is 12.2. The van der Waals surface area contributed by atoms with E-state index < -0.39 is 0 Å². The standard InChI is InChI=1S/C14H15BrN2O2/c1-3-17-9-10(8-16-17)6-13(18)11-4-5-14(19-2)12(15)7-11/h4-5,7-9H,3,6H2,1-2H3. The van der Waals surface area contributed by atoms with Crippen molar-refractivity contribution in [2.75, 3.05) is 7.11 Å². The zero-order chi connectivity index (χ0) is 13.8. The highest BCUT2D eigenvalue weighted by atomic mass is 79.9. The molecule has 1 aromatic carbocycles. The van der Waals surface area contributed by atoms with E-state index in [1.54, 1.807) is 31.5 Å². The molecule has 0 fully saturated rings. The smallest absolute Gasteiger partial charge is 0.167 e. The van der Waals surface area contributed by atoms with Crippen LogP contribution in [0.25, 0.3) is 0 Å². The van der Waals surface area contributed by atoms with E-state index in [9.17, 15) is 4.79 Å². The van der Waals surface area contributed by atoms with Gasteiger partial charge in [-0.2, -0.15) is 5.10 Å². The maximum Gasteiger partial charge on any atom is 0.167 e. The molecule has 0 unspecified atom stereocenters. The van der Waals surface area contributed by atoms with E-state index >= 15 is 0 Å². The summed E-state index contributed by atoms with van der Waals surface area (Å²) in [5.74, 6) is 0.786. The maximum absolute atomic E-state index is 12.2. The Balaban J connectivity index is 2.13. The highest BCUT2D eigenvalue weighted by Crippen LogP contribution is 2.26. The van der Waals surface area contributed by atoms with Crippen molar-refractivity contribution in [1.29, 1.82) is 0 Å². The van der Waals surface area contributed by atoms with Crippen molar-refractivity contribution in [2.45, 2.75) is 19.9 Å². The molecule has 0 aliphatic heterocycles. The van der Waals surface area contributed by atoms with Crippen LogP contribution in [0.2, 0.25) is 0 Å². The Bertz CT molecular complexity index is 593. The van der Waals surface area contributed by atoms with Crippen molar-refractivity contribution < 1.29 is 9.53 Å². The molecular formula is C14H15BrN2O2. The van der Waals surface area contributed by atoms with Gasteiger partial charge in [0.15, 0.2) is 5.78 Å². The summed E-state index contributed by atoms with van der Waals surface area (Å²) in [5.41, 5.74) is 1.59. The summed E-state index contributed by atoms with van der Waals surface area (Å²) in [4.78, 5) is 12.2. The molecule has 19 heavy (non-hydrogen) atoms.